The molecule has 0 aliphatic heterocycles. The Hall–Kier alpha value is -0.830. The Morgan fingerprint density at radius 3 is 2.57 bits per heavy atom. The minimum Gasteiger partial charge on any atom is -0.465 e. The number of carbonyl (C=O) groups excluding carboxylic acids is 1. The van der Waals surface area contributed by atoms with Gasteiger partial charge in [-0.15, -0.1) is 0 Å². The van der Waals surface area contributed by atoms with Crippen molar-refractivity contribution >= 4 is 21.9 Å². The molecule has 1 aromatic rings. The van der Waals surface area contributed by atoms with E-state index >= 15 is 0 Å². The number of halogens is 1. The molecule has 1 rings (SSSR count). The second-order valence-electron chi connectivity index (χ2n) is 2.87. The highest BCUT2D eigenvalue weighted by Gasteiger charge is 2.19. The summed E-state index contributed by atoms with van der Waals surface area (Å²) in [6.07, 6.45) is 0. The maximum atomic E-state index is 11.5. The van der Waals surface area contributed by atoms with Gasteiger partial charge in [-0.1, -0.05) is 46.3 Å². The van der Waals surface area contributed by atoms with Gasteiger partial charge in [-0.25, -0.2) is 0 Å². The fourth-order valence-corrected chi connectivity index (χ4v) is 1.85. The highest BCUT2D eigenvalue weighted by molar-refractivity contribution is 9.09. The molecule has 0 saturated heterocycles. The van der Waals surface area contributed by atoms with Crippen LogP contribution in [0.3, 0.4) is 0 Å². The molecule has 0 N–H and O–H groups in total. The van der Waals surface area contributed by atoms with E-state index in [2.05, 4.69) is 15.9 Å². The van der Waals surface area contributed by atoms with E-state index in [1.165, 1.54) is 0 Å². The van der Waals surface area contributed by atoms with E-state index in [9.17, 15) is 4.79 Å². The molecule has 3 heteroatoms. The quantitative estimate of drug-likeness (QED) is 0.612. The Morgan fingerprint density at radius 1 is 1.43 bits per heavy atom. The highest BCUT2D eigenvalue weighted by Crippen LogP contribution is 2.19. The molecular formula is C11H13BrO2. The second kappa shape index (κ2) is 5.81. The van der Waals surface area contributed by atoms with Crippen molar-refractivity contribution in [2.75, 3.05) is 11.9 Å². The predicted molar refractivity (Wildman–Crippen MR) is 59.6 cm³/mol. The molecule has 2 nitrogen and oxygen atoms in total. The van der Waals surface area contributed by atoms with Crippen molar-refractivity contribution in [1.29, 1.82) is 0 Å². The van der Waals surface area contributed by atoms with Crippen molar-refractivity contribution < 1.29 is 9.53 Å². The van der Waals surface area contributed by atoms with E-state index < -0.39 is 0 Å². The minimum absolute atomic E-state index is 0.171. The van der Waals surface area contributed by atoms with Crippen LogP contribution in [0.25, 0.3) is 0 Å². The molecular weight excluding hydrogens is 244 g/mol. The number of carbonyl (C=O) groups is 1. The third kappa shape index (κ3) is 2.84. The molecule has 0 aliphatic rings. The first-order valence-electron chi connectivity index (χ1n) is 4.57. The summed E-state index contributed by atoms with van der Waals surface area (Å²) in [5, 5.41) is 0.593. The first-order chi connectivity index (χ1) is 6.79. The van der Waals surface area contributed by atoms with Gasteiger partial charge in [0.05, 0.1) is 12.5 Å². The fourth-order valence-electron chi connectivity index (χ4n) is 1.22. The van der Waals surface area contributed by atoms with Gasteiger partial charge in [-0.2, -0.15) is 0 Å². The first-order valence-corrected chi connectivity index (χ1v) is 5.69. The maximum absolute atomic E-state index is 11.5. The SMILES string of the molecule is CCOC(=O)[C@H](CBr)c1ccccc1. The Kier molecular flexibility index (Phi) is 4.66. The van der Waals surface area contributed by atoms with Crippen LogP contribution in [-0.4, -0.2) is 17.9 Å². The number of benzene rings is 1. The molecule has 1 aromatic carbocycles. The van der Waals surface area contributed by atoms with Gasteiger partial charge < -0.3 is 4.74 Å². The van der Waals surface area contributed by atoms with Gasteiger partial charge in [0.1, 0.15) is 0 Å². The van der Waals surface area contributed by atoms with E-state index in [0.717, 1.165) is 5.56 Å². The maximum Gasteiger partial charge on any atom is 0.314 e. The molecule has 0 heterocycles. The molecule has 0 fully saturated rings. The molecule has 1 atom stereocenters. The molecule has 0 radical (unpaired) electrons. The summed E-state index contributed by atoms with van der Waals surface area (Å²) in [6.45, 7) is 2.24. The molecule has 14 heavy (non-hydrogen) atoms. The summed E-state index contributed by atoms with van der Waals surface area (Å²) in [7, 11) is 0. The summed E-state index contributed by atoms with van der Waals surface area (Å²) >= 11 is 3.32. The van der Waals surface area contributed by atoms with E-state index in [1.54, 1.807) is 0 Å². The Morgan fingerprint density at radius 2 is 2.07 bits per heavy atom. The minimum atomic E-state index is -0.198. The number of alkyl halides is 1. The predicted octanol–water partition coefficient (Wildman–Crippen LogP) is 2.73. The van der Waals surface area contributed by atoms with Crippen molar-refractivity contribution in [2.24, 2.45) is 0 Å². The summed E-state index contributed by atoms with van der Waals surface area (Å²) < 4.78 is 4.98. The van der Waals surface area contributed by atoms with Crippen molar-refractivity contribution in [3.63, 3.8) is 0 Å². The van der Waals surface area contributed by atoms with Crippen LogP contribution in [0.15, 0.2) is 30.3 Å². The van der Waals surface area contributed by atoms with Crippen LogP contribution in [0.2, 0.25) is 0 Å². The van der Waals surface area contributed by atoms with Gasteiger partial charge in [0.2, 0.25) is 0 Å². The van der Waals surface area contributed by atoms with Crippen LogP contribution in [-0.2, 0) is 9.53 Å². The molecule has 0 saturated carbocycles. The number of hydrogen-bond donors (Lipinski definition) is 0. The van der Waals surface area contributed by atoms with Gasteiger partial charge in [-0.3, -0.25) is 4.79 Å². The zero-order chi connectivity index (χ0) is 10.4. The van der Waals surface area contributed by atoms with E-state index in [0.29, 0.717) is 11.9 Å². The summed E-state index contributed by atoms with van der Waals surface area (Å²) in [5.74, 6) is -0.369. The molecule has 0 spiro atoms. The average Bonchev–Trinajstić information content (AvgIpc) is 2.21. The lowest BCUT2D eigenvalue weighted by Gasteiger charge is -2.12. The molecule has 0 bridgehead atoms. The molecule has 0 amide bonds. The van der Waals surface area contributed by atoms with Crippen molar-refractivity contribution in [2.45, 2.75) is 12.8 Å². The Balaban J connectivity index is 2.77. The lowest BCUT2D eigenvalue weighted by molar-refractivity contribution is -0.144. The molecule has 0 unspecified atom stereocenters. The van der Waals surface area contributed by atoms with Crippen LogP contribution in [0.1, 0.15) is 18.4 Å². The number of rotatable bonds is 4. The zero-order valence-electron chi connectivity index (χ0n) is 8.07. The van der Waals surface area contributed by atoms with Crippen molar-refractivity contribution in [3.05, 3.63) is 35.9 Å². The van der Waals surface area contributed by atoms with Gasteiger partial charge in [0.15, 0.2) is 0 Å². The van der Waals surface area contributed by atoms with Crippen LogP contribution in [0.5, 0.6) is 0 Å². The molecule has 0 aliphatic carbocycles. The second-order valence-corrected chi connectivity index (χ2v) is 3.52. The molecule has 0 aromatic heterocycles. The summed E-state index contributed by atoms with van der Waals surface area (Å²) in [4.78, 5) is 11.5. The number of esters is 1. The Labute approximate surface area is 92.4 Å². The van der Waals surface area contributed by atoms with Gasteiger partial charge in [-0.05, 0) is 12.5 Å². The van der Waals surface area contributed by atoms with E-state index in [1.807, 2.05) is 37.3 Å². The van der Waals surface area contributed by atoms with Gasteiger partial charge in [0.25, 0.3) is 0 Å². The van der Waals surface area contributed by atoms with Crippen molar-refractivity contribution in [1.82, 2.24) is 0 Å². The standard InChI is InChI=1S/C11H13BrO2/c1-2-14-11(13)10(8-12)9-6-4-3-5-7-9/h3-7,10H,2,8H2,1H3/t10-/m1/s1. The number of hydrogen-bond acceptors (Lipinski definition) is 2. The largest absolute Gasteiger partial charge is 0.465 e. The molecule has 76 valence electrons. The van der Waals surface area contributed by atoms with Crippen LogP contribution in [0, 0.1) is 0 Å². The van der Waals surface area contributed by atoms with Gasteiger partial charge >= 0.3 is 5.97 Å². The third-order valence-electron chi connectivity index (χ3n) is 1.93. The van der Waals surface area contributed by atoms with Crippen LogP contribution in [0.4, 0.5) is 0 Å². The number of ether oxygens (including phenoxy) is 1. The topological polar surface area (TPSA) is 26.3 Å². The average molecular weight is 257 g/mol. The lowest BCUT2D eigenvalue weighted by Crippen LogP contribution is -2.17. The van der Waals surface area contributed by atoms with Crippen LogP contribution < -0.4 is 0 Å². The van der Waals surface area contributed by atoms with Gasteiger partial charge in [0, 0.05) is 5.33 Å². The highest BCUT2D eigenvalue weighted by atomic mass is 79.9. The van der Waals surface area contributed by atoms with E-state index in [4.69, 9.17) is 4.74 Å². The summed E-state index contributed by atoms with van der Waals surface area (Å²) in [6, 6.07) is 9.64. The van der Waals surface area contributed by atoms with Crippen LogP contribution >= 0.6 is 15.9 Å². The first kappa shape index (κ1) is 11.2. The normalized spacial score (nSPS) is 12.1. The van der Waals surface area contributed by atoms with E-state index in [-0.39, 0.29) is 11.9 Å². The summed E-state index contributed by atoms with van der Waals surface area (Å²) in [5.41, 5.74) is 0.989. The third-order valence-corrected chi connectivity index (χ3v) is 2.57. The smallest absolute Gasteiger partial charge is 0.314 e. The zero-order valence-corrected chi connectivity index (χ0v) is 9.66. The Bertz CT molecular complexity index is 285. The monoisotopic (exact) mass is 256 g/mol. The van der Waals surface area contributed by atoms with Crippen molar-refractivity contribution in [3.8, 4) is 0 Å². The fraction of sp³-hybridized carbons (Fsp3) is 0.364. The lowest BCUT2D eigenvalue weighted by atomic mass is 10.0.